The Balaban J connectivity index is 2.09. The van der Waals surface area contributed by atoms with Crippen molar-refractivity contribution in [3.63, 3.8) is 0 Å². The van der Waals surface area contributed by atoms with Crippen molar-refractivity contribution in [3.05, 3.63) is 45.4 Å². The van der Waals surface area contributed by atoms with Gasteiger partial charge in [0.05, 0.1) is 28.7 Å². The average Bonchev–Trinajstić information content (AvgIpc) is 2.95. The first-order valence-corrected chi connectivity index (χ1v) is 9.88. The number of carbonyl (C=O) groups is 1. The van der Waals surface area contributed by atoms with Crippen molar-refractivity contribution in [3.8, 4) is 0 Å². The lowest BCUT2D eigenvalue weighted by Gasteiger charge is -2.17. The molecule has 2 N–H and O–H groups in total. The van der Waals surface area contributed by atoms with Gasteiger partial charge in [-0.2, -0.15) is 4.72 Å². The van der Waals surface area contributed by atoms with Crippen molar-refractivity contribution in [2.45, 2.75) is 45.2 Å². The molecule has 1 heterocycles. The quantitative estimate of drug-likeness (QED) is 0.818. The average molecular weight is 367 g/mol. The zero-order chi connectivity index (χ0) is 17.9. The van der Waals surface area contributed by atoms with Gasteiger partial charge in [0.25, 0.3) is 0 Å². The van der Waals surface area contributed by atoms with Crippen LogP contribution in [0.4, 0.5) is 0 Å². The fraction of sp³-hybridized carbons (Fsp3) is 0.375. The van der Waals surface area contributed by atoms with Gasteiger partial charge in [0.1, 0.15) is 0 Å². The van der Waals surface area contributed by atoms with Gasteiger partial charge >= 0.3 is 0 Å². The van der Waals surface area contributed by atoms with Crippen molar-refractivity contribution in [2.24, 2.45) is 0 Å². The number of carbonyl (C=O) groups excluding carboxylic acids is 1. The number of sulfonamides is 1. The standard InChI is InChI=1S/C16H21N3O3S2/c1-10-5-11(2)15(12(3)6-10)24(21,22)19-13(4)16(20)17-7-14-8-23-9-18-14/h5-6,8-9,13,19H,7H2,1-4H3,(H,17,20)/t13-/m0/s1. The van der Waals surface area contributed by atoms with Crippen LogP contribution < -0.4 is 10.0 Å². The molecule has 0 aliphatic carbocycles. The molecule has 0 unspecified atom stereocenters. The Bertz CT molecular complexity index is 807. The van der Waals surface area contributed by atoms with Gasteiger partial charge in [-0.25, -0.2) is 13.4 Å². The number of thiazole rings is 1. The Labute approximate surface area is 146 Å². The summed E-state index contributed by atoms with van der Waals surface area (Å²) in [7, 11) is -3.78. The molecule has 1 atom stereocenters. The summed E-state index contributed by atoms with van der Waals surface area (Å²) in [5, 5.41) is 4.50. The molecule has 0 fully saturated rings. The molecular formula is C16H21N3O3S2. The molecule has 1 amide bonds. The molecule has 0 saturated carbocycles. The van der Waals surface area contributed by atoms with Crippen LogP contribution in [0.25, 0.3) is 0 Å². The molecule has 130 valence electrons. The van der Waals surface area contributed by atoms with Crippen molar-refractivity contribution in [1.29, 1.82) is 0 Å². The number of benzene rings is 1. The maximum atomic E-state index is 12.6. The van der Waals surface area contributed by atoms with E-state index in [-0.39, 0.29) is 11.4 Å². The normalized spacial score (nSPS) is 12.8. The van der Waals surface area contributed by atoms with Crippen molar-refractivity contribution < 1.29 is 13.2 Å². The number of hydrogen-bond acceptors (Lipinski definition) is 5. The SMILES string of the molecule is Cc1cc(C)c(S(=O)(=O)N[C@@H](C)C(=O)NCc2cscn2)c(C)c1. The fourth-order valence-electron chi connectivity index (χ4n) is 2.59. The molecule has 0 aliphatic rings. The highest BCUT2D eigenvalue weighted by Gasteiger charge is 2.25. The van der Waals surface area contributed by atoms with Crippen LogP contribution in [0.1, 0.15) is 29.3 Å². The predicted octanol–water partition coefficient (Wildman–Crippen LogP) is 2.05. The Morgan fingerprint density at radius 2 is 1.88 bits per heavy atom. The van der Waals surface area contributed by atoms with Gasteiger partial charge in [-0.1, -0.05) is 17.7 Å². The number of amides is 1. The minimum atomic E-state index is -3.78. The molecule has 0 radical (unpaired) electrons. The zero-order valence-electron chi connectivity index (χ0n) is 14.1. The molecule has 1 aromatic carbocycles. The first-order chi connectivity index (χ1) is 11.2. The maximum absolute atomic E-state index is 12.6. The number of aromatic nitrogens is 1. The topological polar surface area (TPSA) is 88.2 Å². The van der Waals surface area contributed by atoms with Crippen molar-refractivity contribution in [1.82, 2.24) is 15.0 Å². The van der Waals surface area contributed by atoms with Gasteiger partial charge in [0, 0.05) is 5.38 Å². The highest BCUT2D eigenvalue weighted by molar-refractivity contribution is 7.89. The van der Waals surface area contributed by atoms with E-state index in [1.54, 1.807) is 19.4 Å². The monoisotopic (exact) mass is 367 g/mol. The highest BCUT2D eigenvalue weighted by Crippen LogP contribution is 2.21. The van der Waals surface area contributed by atoms with Crippen LogP contribution in [0, 0.1) is 20.8 Å². The summed E-state index contributed by atoms with van der Waals surface area (Å²) < 4.78 is 27.7. The second kappa shape index (κ2) is 7.42. The summed E-state index contributed by atoms with van der Waals surface area (Å²) in [6.07, 6.45) is 0. The lowest BCUT2D eigenvalue weighted by Crippen LogP contribution is -2.44. The lowest BCUT2D eigenvalue weighted by molar-refractivity contribution is -0.122. The van der Waals surface area contributed by atoms with Crippen LogP contribution in [0.5, 0.6) is 0 Å². The number of nitrogens with one attached hydrogen (secondary N) is 2. The molecule has 2 aromatic rings. The van der Waals surface area contributed by atoms with Crippen LogP contribution in [0.2, 0.25) is 0 Å². The van der Waals surface area contributed by atoms with E-state index < -0.39 is 22.0 Å². The van der Waals surface area contributed by atoms with Gasteiger partial charge < -0.3 is 5.32 Å². The van der Waals surface area contributed by atoms with E-state index in [2.05, 4.69) is 15.0 Å². The summed E-state index contributed by atoms with van der Waals surface area (Å²) in [6, 6.07) is 2.75. The van der Waals surface area contributed by atoms with Gasteiger partial charge in [-0.3, -0.25) is 4.79 Å². The second-order valence-electron chi connectivity index (χ2n) is 5.77. The summed E-state index contributed by atoms with van der Waals surface area (Å²) in [5.41, 5.74) is 4.74. The van der Waals surface area contributed by atoms with Crippen LogP contribution in [-0.2, 0) is 21.4 Å². The molecule has 1 aromatic heterocycles. The molecular weight excluding hydrogens is 346 g/mol. The number of hydrogen-bond donors (Lipinski definition) is 2. The number of rotatable bonds is 6. The summed E-state index contributed by atoms with van der Waals surface area (Å²) in [4.78, 5) is 16.4. The van der Waals surface area contributed by atoms with E-state index in [0.29, 0.717) is 11.1 Å². The second-order valence-corrected chi connectivity index (χ2v) is 8.14. The van der Waals surface area contributed by atoms with Gasteiger partial charge in [-0.15, -0.1) is 11.3 Å². The lowest BCUT2D eigenvalue weighted by atomic mass is 10.1. The molecule has 0 bridgehead atoms. The Kier molecular flexibility index (Phi) is 5.74. The molecule has 2 rings (SSSR count). The number of aryl methyl sites for hydroxylation is 3. The summed E-state index contributed by atoms with van der Waals surface area (Å²) in [6.45, 7) is 7.21. The van der Waals surface area contributed by atoms with E-state index in [9.17, 15) is 13.2 Å². The minimum absolute atomic E-state index is 0.229. The maximum Gasteiger partial charge on any atom is 0.241 e. The van der Waals surface area contributed by atoms with Gasteiger partial charge in [0.2, 0.25) is 15.9 Å². The Morgan fingerprint density at radius 1 is 1.25 bits per heavy atom. The molecule has 0 aliphatic heterocycles. The summed E-state index contributed by atoms with van der Waals surface area (Å²) >= 11 is 1.44. The first-order valence-electron chi connectivity index (χ1n) is 7.45. The van der Waals surface area contributed by atoms with Gasteiger partial charge in [-0.05, 0) is 38.8 Å². The third kappa shape index (κ3) is 4.40. The van der Waals surface area contributed by atoms with Gasteiger partial charge in [0.15, 0.2) is 0 Å². The number of nitrogens with zero attached hydrogens (tertiary/aromatic N) is 1. The molecule has 8 heteroatoms. The van der Waals surface area contributed by atoms with Crippen LogP contribution in [0.15, 0.2) is 27.9 Å². The largest absolute Gasteiger partial charge is 0.349 e. The van der Waals surface area contributed by atoms with E-state index in [4.69, 9.17) is 0 Å². The molecule has 0 spiro atoms. The molecule has 0 saturated heterocycles. The highest BCUT2D eigenvalue weighted by atomic mass is 32.2. The Hall–Kier alpha value is -1.77. The fourth-order valence-corrected chi connectivity index (χ4v) is 4.81. The minimum Gasteiger partial charge on any atom is -0.349 e. The predicted molar refractivity (Wildman–Crippen MR) is 94.4 cm³/mol. The van der Waals surface area contributed by atoms with E-state index in [1.807, 2.05) is 24.4 Å². The van der Waals surface area contributed by atoms with Crippen LogP contribution in [0.3, 0.4) is 0 Å². The van der Waals surface area contributed by atoms with E-state index in [1.165, 1.54) is 18.3 Å². The zero-order valence-corrected chi connectivity index (χ0v) is 15.7. The first kappa shape index (κ1) is 18.6. The van der Waals surface area contributed by atoms with E-state index in [0.717, 1.165) is 11.3 Å². The van der Waals surface area contributed by atoms with Crippen molar-refractivity contribution in [2.75, 3.05) is 0 Å². The molecule has 6 nitrogen and oxygen atoms in total. The van der Waals surface area contributed by atoms with Crippen LogP contribution in [-0.4, -0.2) is 25.4 Å². The smallest absolute Gasteiger partial charge is 0.241 e. The van der Waals surface area contributed by atoms with Crippen LogP contribution >= 0.6 is 11.3 Å². The Morgan fingerprint density at radius 3 is 2.42 bits per heavy atom. The third-order valence-electron chi connectivity index (χ3n) is 3.53. The summed E-state index contributed by atoms with van der Waals surface area (Å²) in [5.74, 6) is -0.394. The third-order valence-corrected chi connectivity index (χ3v) is 6.01. The molecule has 24 heavy (non-hydrogen) atoms. The van der Waals surface area contributed by atoms with E-state index >= 15 is 0 Å². The van der Waals surface area contributed by atoms with Crippen molar-refractivity contribution >= 4 is 27.3 Å².